The Bertz CT molecular complexity index is 1040. The highest BCUT2D eigenvalue weighted by atomic mass is 79.9. The van der Waals surface area contributed by atoms with Crippen molar-refractivity contribution in [1.29, 1.82) is 0 Å². The molecule has 1 aliphatic rings. The summed E-state index contributed by atoms with van der Waals surface area (Å²) in [5.74, 6) is -3.50. The number of aliphatic imine (C=N–C) groups is 1. The molecule has 2 aromatic carbocycles. The number of nitrogens with one attached hydrogen (secondary N) is 1. The van der Waals surface area contributed by atoms with Crippen LogP contribution in [0.3, 0.4) is 0 Å². The van der Waals surface area contributed by atoms with Crippen molar-refractivity contribution in [1.82, 2.24) is 5.32 Å². The lowest BCUT2D eigenvalue weighted by molar-refractivity contribution is -0.138. The maximum Gasteiger partial charge on any atom is 0.416 e. The molecule has 2 aromatic rings. The van der Waals surface area contributed by atoms with E-state index in [2.05, 4.69) is 20.9 Å². The maximum absolute atomic E-state index is 12.9. The molecule has 29 heavy (non-hydrogen) atoms. The summed E-state index contributed by atoms with van der Waals surface area (Å²) in [7, 11) is 0. The van der Waals surface area contributed by atoms with Gasteiger partial charge in [-0.3, -0.25) is 19.9 Å². The Kier molecular flexibility index (Phi) is 5.76. The first-order valence-corrected chi connectivity index (χ1v) is 9.10. The van der Waals surface area contributed by atoms with Crippen molar-refractivity contribution in [2.45, 2.75) is 6.18 Å². The molecule has 0 spiro atoms. The van der Waals surface area contributed by atoms with E-state index in [0.29, 0.717) is 15.4 Å². The van der Waals surface area contributed by atoms with Gasteiger partial charge >= 0.3 is 12.2 Å². The van der Waals surface area contributed by atoms with Crippen LogP contribution in [0.1, 0.15) is 5.56 Å². The molecule has 1 fully saturated rings. The van der Waals surface area contributed by atoms with Crippen LogP contribution in [0.4, 0.5) is 29.3 Å². The van der Waals surface area contributed by atoms with E-state index >= 15 is 0 Å². The summed E-state index contributed by atoms with van der Waals surface area (Å²) in [5, 5.41) is 2.18. The normalized spacial score (nSPS) is 17.8. The van der Waals surface area contributed by atoms with Crippen LogP contribution < -0.4 is 10.2 Å². The summed E-state index contributed by atoms with van der Waals surface area (Å²) in [6.45, 7) is 0. The van der Waals surface area contributed by atoms with Gasteiger partial charge in [0, 0.05) is 10.7 Å². The first-order chi connectivity index (χ1) is 13.6. The summed E-state index contributed by atoms with van der Waals surface area (Å²) < 4.78 is 39.5. The van der Waals surface area contributed by atoms with Crippen LogP contribution in [0.5, 0.6) is 0 Å². The second kappa shape index (κ2) is 7.96. The lowest BCUT2D eigenvalue weighted by Gasteiger charge is -2.28. The number of amides is 4. The van der Waals surface area contributed by atoms with E-state index in [0.717, 1.165) is 24.4 Å². The van der Waals surface area contributed by atoms with Crippen LogP contribution in [0, 0.1) is 5.92 Å². The number of hydrogen-bond donors (Lipinski definition) is 1. The Balaban J connectivity index is 1.93. The number of carbonyl (C=O) groups is 3. The van der Waals surface area contributed by atoms with Crippen molar-refractivity contribution in [2.24, 2.45) is 10.9 Å². The molecule has 150 valence electrons. The first kappa shape index (κ1) is 21.0. The SMILES string of the molecule is O=C1NC(=O)N(c2cccc(C(F)(F)F)c2)C(=O)[C@@H]1C=Nc1ccc(Br)cc1Cl. The minimum absolute atomic E-state index is 0.241. The van der Waals surface area contributed by atoms with Gasteiger partial charge in [0.2, 0.25) is 5.91 Å². The Morgan fingerprint density at radius 2 is 1.86 bits per heavy atom. The highest BCUT2D eigenvalue weighted by molar-refractivity contribution is 9.10. The molecule has 11 heteroatoms. The number of nitrogens with zero attached hydrogens (tertiary/aromatic N) is 2. The molecule has 1 atom stereocenters. The number of urea groups is 1. The zero-order valence-electron chi connectivity index (χ0n) is 14.2. The highest BCUT2D eigenvalue weighted by Crippen LogP contribution is 2.33. The third-order valence-corrected chi connectivity index (χ3v) is 4.70. The van der Waals surface area contributed by atoms with E-state index in [4.69, 9.17) is 11.6 Å². The maximum atomic E-state index is 12.9. The monoisotopic (exact) mass is 487 g/mol. The molecule has 1 heterocycles. The van der Waals surface area contributed by atoms with Gasteiger partial charge in [-0.15, -0.1) is 0 Å². The topological polar surface area (TPSA) is 78.8 Å². The van der Waals surface area contributed by atoms with Crippen molar-refractivity contribution < 1.29 is 27.6 Å². The zero-order chi connectivity index (χ0) is 21.3. The molecule has 0 unspecified atom stereocenters. The molecular formula is C18H10BrClF3N3O3. The molecular weight excluding hydrogens is 479 g/mol. The van der Waals surface area contributed by atoms with Gasteiger partial charge in [-0.25, -0.2) is 9.69 Å². The molecule has 0 bridgehead atoms. The third-order valence-electron chi connectivity index (χ3n) is 3.91. The van der Waals surface area contributed by atoms with Gasteiger partial charge in [0.15, 0.2) is 5.92 Å². The Morgan fingerprint density at radius 3 is 2.52 bits per heavy atom. The molecule has 0 aromatic heterocycles. The Labute approximate surface area is 175 Å². The second-order valence-electron chi connectivity index (χ2n) is 5.87. The van der Waals surface area contributed by atoms with Crippen molar-refractivity contribution >= 4 is 63.0 Å². The minimum Gasteiger partial charge on any atom is -0.276 e. The number of benzene rings is 2. The predicted octanol–water partition coefficient (Wildman–Crippen LogP) is 4.72. The third kappa shape index (κ3) is 4.48. The lowest BCUT2D eigenvalue weighted by Crippen LogP contribution is -2.58. The number of hydrogen-bond acceptors (Lipinski definition) is 4. The molecule has 1 saturated heterocycles. The number of rotatable bonds is 3. The van der Waals surface area contributed by atoms with Gasteiger partial charge in [0.25, 0.3) is 5.91 Å². The number of alkyl halides is 3. The molecule has 1 N–H and O–H groups in total. The van der Waals surface area contributed by atoms with Gasteiger partial charge in [0.05, 0.1) is 22.0 Å². The van der Waals surface area contributed by atoms with Gasteiger partial charge in [-0.1, -0.05) is 33.6 Å². The van der Waals surface area contributed by atoms with Gasteiger partial charge in [-0.2, -0.15) is 13.2 Å². The quantitative estimate of drug-likeness (QED) is 0.501. The van der Waals surface area contributed by atoms with Gasteiger partial charge in [-0.05, 0) is 36.4 Å². The number of imide groups is 2. The number of halogens is 5. The van der Waals surface area contributed by atoms with E-state index in [1.807, 2.05) is 5.32 Å². The molecule has 0 radical (unpaired) electrons. The van der Waals surface area contributed by atoms with Crippen LogP contribution in [0.25, 0.3) is 0 Å². The van der Waals surface area contributed by atoms with E-state index < -0.39 is 35.5 Å². The molecule has 4 amide bonds. The fourth-order valence-corrected chi connectivity index (χ4v) is 3.25. The van der Waals surface area contributed by atoms with Crippen LogP contribution >= 0.6 is 27.5 Å². The highest BCUT2D eigenvalue weighted by Gasteiger charge is 2.41. The van der Waals surface area contributed by atoms with Crippen molar-refractivity contribution in [3.05, 3.63) is 57.5 Å². The Morgan fingerprint density at radius 1 is 1.14 bits per heavy atom. The summed E-state index contributed by atoms with van der Waals surface area (Å²) in [4.78, 5) is 41.4. The van der Waals surface area contributed by atoms with Crippen LogP contribution in [0.2, 0.25) is 5.02 Å². The van der Waals surface area contributed by atoms with Crippen LogP contribution in [-0.4, -0.2) is 24.1 Å². The van der Waals surface area contributed by atoms with Gasteiger partial charge < -0.3 is 0 Å². The molecule has 0 aliphatic carbocycles. The number of carbonyl (C=O) groups excluding carboxylic acids is 3. The van der Waals surface area contributed by atoms with Crippen LogP contribution in [0.15, 0.2) is 51.9 Å². The summed E-state index contributed by atoms with van der Waals surface area (Å²) in [5.41, 5.74) is -1.10. The molecule has 3 rings (SSSR count). The van der Waals surface area contributed by atoms with E-state index in [1.54, 1.807) is 12.1 Å². The summed E-state index contributed by atoms with van der Waals surface area (Å²) in [6, 6.07) is 7.23. The number of barbiturate groups is 1. The van der Waals surface area contributed by atoms with E-state index in [9.17, 15) is 27.6 Å². The van der Waals surface area contributed by atoms with E-state index in [-0.39, 0.29) is 16.4 Å². The zero-order valence-corrected chi connectivity index (χ0v) is 16.5. The summed E-state index contributed by atoms with van der Waals surface area (Å²) in [6.07, 6.45) is -3.68. The first-order valence-electron chi connectivity index (χ1n) is 7.93. The van der Waals surface area contributed by atoms with Crippen molar-refractivity contribution in [3.8, 4) is 0 Å². The average molecular weight is 489 g/mol. The smallest absolute Gasteiger partial charge is 0.276 e. The fourth-order valence-electron chi connectivity index (χ4n) is 2.53. The second-order valence-corrected chi connectivity index (χ2v) is 7.19. The average Bonchev–Trinajstić information content (AvgIpc) is 2.62. The summed E-state index contributed by atoms with van der Waals surface area (Å²) >= 11 is 9.25. The minimum atomic E-state index is -4.67. The van der Waals surface area contributed by atoms with Crippen molar-refractivity contribution in [3.63, 3.8) is 0 Å². The largest absolute Gasteiger partial charge is 0.416 e. The standard InChI is InChI=1S/C18H10BrClF3N3O3/c19-10-4-5-14(13(20)7-10)24-8-12-15(27)25-17(29)26(16(12)28)11-3-1-2-9(6-11)18(21,22)23/h1-8,12H,(H,25,27,29)/t12-/m1/s1. The molecule has 6 nitrogen and oxygen atoms in total. The van der Waals surface area contributed by atoms with Crippen LogP contribution in [-0.2, 0) is 15.8 Å². The van der Waals surface area contributed by atoms with Gasteiger partial charge in [0.1, 0.15) is 0 Å². The predicted molar refractivity (Wildman–Crippen MR) is 103 cm³/mol. The van der Waals surface area contributed by atoms with E-state index in [1.165, 1.54) is 6.07 Å². The van der Waals surface area contributed by atoms with Crippen molar-refractivity contribution in [2.75, 3.05) is 4.90 Å². The fraction of sp³-hybridized carbons (Fsp3) is 0.111. The number of anilines is 1. The molecule has 1 aliphatic heterocycles. The Hall–Kier alpha value is -2.72. The lowest BCUT2D eigenvalue weighted by atomic mass is 10.1. The molecule has 0 saturated carbocycles.